The SMILES string of the molecule is COc1cccc2cc(C(=O)NCCNc3cc(-n4cnc(C)c4C)ncn3)c(=O)oc12. The van der Waals surface area contributed by atoms with E-state index in [1.807, 2.05) is 18.4 Å². The Hall–Kier alpha value is -4.21. The van der Waals surface area contributed by atoms with Crippen molar-refractivity contribution in [2.75, 3.05) is 25.5 Å². The van der Waals surface area contributed by atoms with E-state index in [1.54, 1.807) is 30.6 Å². The van der Waals surface area contributed by atoms with Crippen molar-refractivity contribution in [1.29, 1.82) is 0 Å². The molecule has 3 aromatic heterocycles. The number of nitrogens with zero attached hydrogens (tertiary/aromatic N) is 4. The third kappa shape index (κ3) is 4.15. The number of aryl methyl sites for hydroxylation is 1. The highest BCUT2D eigenvalue weighted by atomic mass is 16.5. The number of anilines is 1. The van der Waals surface area contributed by atoms with Gasteiger partial charge < -0.3 is 19.8 Å². The maximum atomic E-state index is 12.5. The third-order valence-corrected chi connectivity index (χ3v) is 5.06. The number of hydrogen-bond acceptors (Lipinski definition) is 8. The Morgan fingerprint density at radius 2 is 2.00 bits per heavy atom. The number of nitrogens with one attached hydrogen (secondary N) is 2. The maximum Gasteiger partial charge on any atom is 0.349 e. The molecule has 4 rings (SSSR count). The minimum Gasteiger partial charge on any atom is -0.493 e. The van der Waals surface area contributed by atoms with E-state index >= 15 is 0 Å². The number of amides is 1. The van der Waals surface area contributed by atoms with Gasteiger partial charge in [0.25, 0.3) is 5.91 Å². The lowest BCUT2D eigenvalue weighted by molar-refractivity contribution is 0.0951. The molecule has 3 heterocycles. The quantitative estimate of drug-likeness (QED) is 0.335. The fourth-order valence-corrected chi connectivity index (χ4v) is 3.20. The van der Waals surface area contributed by atoms with Crippen LogP contribution in [-0.2, 0) is 0 Å². The van der Waals surface area contributed by atoms with Crippen molar-refractivity contribution in [3.63, 3.8) is 0 Å². The van der Waals surface area contributed by atoms with Crippen molar-refractivity contribution in [2.45, 2.75) is 13.8 Å². The van der Waals surface area contributed by atoms with Crippen LogP contribution in [0.25, 0.3) is 16.8 Å². The van der Waals surface area contributed by atoms with Gasteiger partial charge in [-0.3, -0.25) is 9.36 Å². The van der Waals surface area contributed by atoms with Crippen LogP contribution in [0.4, 0.5) is 5.82 Å². The summed E-state index contributed by atoms with van der Waals surface area (Å²) in [6.45, 7) is 4.57. The number of aromatic nitrogens is 4. The number of rotatable bonds is 7. The third-order valence-electron chi connectivity index (χ3n) is 5.06. The fourth-order valence-electron chi connectivity index (χ4n) is 3.20. The van der Waals surface area contributed by atoms with Crippen LogP contribution >= 0.6 is 0 Å². The fraction of sp³-hybridized carbons (Fsp3) is 0.227. The molecule has 0 aliphatic carbocycles. The van der Waals surface area contributed by atoms with Crippen molar-refractivity contribution >= 4 is 22.7 Å². The van der Waals surface area contributed by atoms with Crippen molar-refractivity contribution in [1.82, 2.24) is 24.8 Å². The number of imidazole rings is 1. The van der Waals surface area contributed by atoms with E-state index in [4.69, 9.17) is 9.15 Å². The van der Waals surface area contributed by atoms with Crippen LogP contribution in [0.5, 0.6) is 5.75 Å². The largest absolute Gasteiger partial charge is 0.493 e. The van der Waals surface area contributed by atoms with Crippen LogP contribution in [0, 0.1) is 13.8 Å². The van der Waals surface area contributed by atoms with Crippen LogP contribution in [0.2, 0.25) is 0 Å². The molecule has 10 heteroatoms. The standard InChI is InChI=1S/C22H22N6O4/c1-13-14(2)28(12-27-13)19-10-18(25-11-26-19)23-7-8-24-21(29)16-9-15-5-4-6-17(31-3)20(15)32-22(16)30/h4-6,9-12H,7-8H2,1-3H3,(H,24,29)(H,23,25,26). The highest BCUT2D eigenvalue weighted by Gasteiger charge is 2.15. The van der Waals surface area contributed by atoms with E-state index in [1.165, 1.54) is 19.5 Å². The molecule has 0 aliphatic heterocycles. The second-order valence-corrected chi connectivity index (χ2v) is 7.06. The second-order valence-electron chi connectivity index (χ2n) is 7.06. The lowest BCUT2D eigenvalue weighted by atomic mass is 10.1. The van der Waals surface area contributed by atoms with Gasteiger partial charge in [0.05, 0.1) is 12.8 Å². The van der Waals surface area contributed by atoms with Gasteiger partial charge in [0.1, 0.15) is 29.9 Å². The molecule has 0 saturated heterocycles. The molecule has 0 unspecified atom stereocenters. The Bertz CT molecular complexity index is 1340. The summed E-state index contributed by atoms with van der Waals surface area (Å²) in [6.07, 6.45) is 3.17. The summed E-state index contributed by atoms with van der Waals surface area (Å²) in [5.74, 6) is 1.21. The molecule has 1 aromatic carbocycles. The van der Waals surface area contributed by atoms with Gasteiger partial charge in [0, 0.05) is 30.2 Å². The van der Waals surface area contributed by atoms with Crippen LogP contribution in [0.3, 0.4) is 0 Å². The summed E-state index contributed by atoms with van der Waals surface area (Å²) < 4.78 is 12.4. The molecule has 164 valence electrons. The van der Waals surface area contributed by atoms with E-state index < -0.39 is 11.5 Å². The number of ether oxygens (including phenoxy) is 1. The average Bonchev–Trinajstić information content (AvgIpc) is 3.14. The number of methoxy groups -OCH3 is 1. The van der Waals surface area contributed by atoms with Gasteiger partial charge in [0.2, 0.25) is 0 Å². The van der Waals surface area contributed by atoms with Crippen LogP contribution < -0.4 is 21.0 Å². The molecule has 1 amide bonds. The molecule has 32 heavy (non-hydrogen) atoms. The minimum absolute atomic E-state index is 0.0685. The van der Waals surface area contributed by atoms with Crippen molar-refractivity contribution in [3.05, 3.63) is 70.4 Å². The Morgan fingerprint density at radius 3 is 2.75 bits per heavy atom. The Labute approximate surface area is 183 Å². The van der Waals surface area contributed by atoms with Gasteiger partial charge >= 0.3 is 5.63 Å². The molecular formula is C22H22N6O4. The Kier molecular flexibility index (Phi) is 5.84. The van der Waals surface area contributed by atoms with Crippen molar-refractivity contribution in [2.24, 2.45) is 0 Å². The highest BCUT2D eigenvalue weighted by molar-refractivity contribution is 5.97. The number of hydrogen-bond donors (Lipinski definition) is 2. The van der Waals surface area contributed by atoms with Gasteiger partial charge in [-0.1, -0.05) is 12.1 Å². The van der Waals surface area contributed by atoms with Gasteiger partial charge in [-0.05, 0) is 26.0 Å². The van der Waals surface area contributed by atoms with Crippen molar-refractivity contribution in [3.8, 4) is 11.6 Å². The molecule has 0 radical (unpaired) electrons. The first-order chi connectivity index (χ1) is 15.5. The molecule has 0 spiro atoms. The second kappa shape index (κ2) is 8.88. The molecule has 4 aromatic rings. The average molecular weight is 434 g/mol. The lowest BCUT2D eigenvalue weighted by Crippen LogP contribution is -2.32. The summed E-state index contributed by atoms with van der Waals surface area (Å²) >= 11 is 0. The first-order valence-electron chi connectivity index (χ1n) is 9.94. The summed E-state index contributed by atoms with van der Waals surface area (Å²) in [5.41, 5.74) is 1.44. The summed E-state index contributed by atoms with van der Waals surface area (Å²) in [6, 6.07) is 8.48. The van der Waals surface area contributed by atoms with E-state index in [0.29, 0.717) is 34.9 Å². The number of benzene rings is 1. The molecule has 0 fully saturated rings. The minimum atomic E-state index is -0.723. The normalized spacial score (nSPS) is 10.8. The van der Waals surface area contributed by atoms with Crippen LogP contribution in [0.1, 0.15) is 21.7 Å². The molecule has 2 N–H and O–H groups in total. The monoisotopic (exact) mass is 434 g/mol. The van der Waals surface area contributed by atoms with Crippen LogP contribution in [-0.4, -0.2) is 45.6 Å². The maximum absolute atomic E-state index is 12.5. The number of carbonyl (C=O) groups excluding carboxylic acids is 1. The van der Waals surface area contributed by atoms with Gasteiger partial charge in [0.15, 0.2) is 11.3 Å². The zero-order chi connectivity index (χ0) is 22.7. The smallest absolute Gasteiger partial charge is 0.349 e. The topological polar surface area (TPSA) is 124 Å². The predicted octanol–water partition coefficient (Wildman–Crippen LogP) is 2.24. The van der Waals surface area contributed by atoms with Gasteiger partial charge in [-0.25, -0.2) is 19.7 Å². The number of carbonyl (C=O) groups is 1. The molecule has 0 atom stereocenters. The van der Waals surface area contributed by atoms with E-state index in [2.05, 4.69) is 25.6 Å². The van der Waals surface area contributed by atoms with E-state index in [9.17, 15) is 9.59 Å². The number of para-hydroxylation sites is 1. The summed E-state index contributed by atoms with van der Waals surface area (Å²) in [7, 11) is 1.49. The van der Waals surface area contributed by atoms with E-state index in [0.717, 1.165) is 11.4 Å². The lowest BCUT2D eigenvalue weighted by Gasteiger charge is -2.09. The Balaban J connectivity index is 1.39. The van der Waals surface area contributed by atoms with E-state index in [-0.39, 0.29) is 12.1 Å². The summed E-state index contributed by atoms with van der Waals surface area (Å²) in [5, 5.41) is 6.44. The van der Waals surface area contributed by atoms with Gasteiger partial charge in [-0.2, -0.15) is 0 Å². The molecule has 0 saturated carbocycles. The molecule has 0 aliphatic rings. The first kappa shape index (κ1) is 21.0. The zero-order valence-electron chi connectivity index (χ0n) is 17.9. The summed E-state index contributed by atoms with van der Waals surface area (Å²) in [4.78, 5) is 37.5. The highest BCUT2D eigenvalue weighted by Crippen LogP contribution is 2.24. The molecular weight excluding hydrogens is 412 g/mol. The zero-order valence-corrected chi connectivity index (χ0v) is 17.9. The van der Waals surface area contributed by atoms with Crippen LogP contribution in [0.15, 0.2) is 52.2 Å². The predicted molar refractivity (Wildman–Crippen MR) is 118 cm³/mol. The van der Waals surface area contributed by atoms with Gasteiger partial charge in [-0.15, -0.1) is 0 Å². The Morgan fingerprint density at radius 1 is 1.16 bits per heavy atom. The molecule has 10 nitrogen and oxygen atoms in total. The first-order valence-corrected chi connectivity index (χ1v) is 9.94. The molecule has 0 bridgehead atoms. The van der Waals surface area contributed by atoms with Crippen molar-refractivity contribution < 1.29 is 13.9 Å². The number of fused-ring (bicyclic) bond motifs is 1.